The molecule has 0 radical (unpaired) electrons. The number of thiocarbonyl (C=S) groups is 1. The zero-order valence-corrected chi connectivity index (χ0v) is 24.6. The molecule has 11 heteroatoms. The summed E-state index contributed by atoms with van der Waals surface area (Å²) in [7, 11) is 0. The summed E-state index contributed by atoms with van der Waals surface area (Å²) in [6.45, 7) is 2.63. The van der Waals surface area contributed by atoms with Gasteiger partial charge in [0.15, 0.2) is 10.5 Å². The van der Waals surface area contributed by atoms with Gasteiger partial charge in [0.25, 0.3) is 0 Å². The molecular formula is C31H33ClN2O7S. The molecule has 0 saturated heterocycles. The Morgan fingerprint density at radius 3 is 2.45 bits per heavy atom. The topological polar surface area (TPSA) is 130 Å². The summed E-state index contributed by atoms with van der Waals surface area (Å²) in [5, 5.41) is 27.1. The Hall–Kier alpha value is -3.70. The lowest BCUT2D eigenvalue weighted by atomic mass is 9.90. The third kappa shape index (κ3) is 8.42. The zero-order chi connectivity index (χ0) is 29.9. The summed E-state index contributed by atoms with van der Waals surface area (Å²) in [4.78, 5) is 24.4. The number of aromatic hydroxyl groups is 1. The van der Waals surface area contributed by atoms with E-state index in [1.807, 2.05) is 0 Å². The molecule has 1 aliphatic heterocycles. The number of fused-ring (bicyclic) bond motifs is 2. The number of carboxylic acids is 1. The van der Waals surface area contributed by atoms with Gasteiger partial charge >= 0.3 is 5.97 Å². The largest absolute Gasteiger partial charge is 0.508 e. The monoisotopic (exact) mass is 612 g/mol. The van der Waals surface area contributed by atoms with Crippen LogP contribution in [0, 0.1) is 0 Å². The number of benzene rings is 3. The lowest BCUT2D eigenvalue weighted by Crippen LogP contribution is -2.31. The highest BCUT2D eigenvalue weighted by atomic mass is 35.5. The molecule has 0 bridgehead atoms. The lowest BCUT2D eigenvalue weighted by Gasteiger charge is -2.18. The maximum Gasteiger partial charge on any atom is 0.336 e. The van der Waals surface area contributed by atoms with Gasteiger partial charge in [-0.2, -0.15) is 0 Å². The molecule has 2 aromatic rings. The Kier molecular flexibility index (Phi) is 11.5. The molecule has 222 valence electrons. The number of alkyl halides is 1. The van der Waals surface area contributed by atoms with Crippen LogP contribution in [0.3, 0.4) is 0 Å². The Morgan fingerprint density at radius 1 is 0.905 bits per heavy atom. The van der Waals surface area contributed by atoms with E-state index >= 15 is 0 Å². The third-order valence-electron chi connectivity index (χ3n) is 6.53. The SMILES string of the molecule is O=C(O)c1cc(NC(=S)NCCOCCOCCCCCCCl)ccc1-c1c2ccc(=O)cc-2oc2cc(O)ccc12. The number of carboxylic acid groups (broad SMARTS) is 1. The Balaban J connectivity index is 1.38. The summed E-state index contributed by atoms with van der Waals surface area (Å²) in [5.41, 5.74) is 2.15. The maximum absolute atomic E-state index is 12.4. The van der Waals surface area contributed by atoms with Gasteiger partial charge in [0.1, 0.15) is 17.1 Å². The molecule has 0 saturated carbocycles. The second kappa shape index (κ2) is 15.5. The minimum Gasteiger partial charge on any atom is -0.508 e. The van der Waals surface area contributed by atoms with Gasteiger partial charge in [0, 0.05) is 53.4 Å². The molecule has 4 N–H and O–H groups in total. The van der Waals surface area contributed by atoms with Gasteiger partial charge in [-0.25, -0.2) is 4.79 Å². The number of unbranched alkanes of at least 4 members (excludes halogenated alkanes) is 3. The van der Waals surface area contributed by atoms with Crippen molar-refractivity contribution in [2.24, 2.45) is 0 Å². The van der Waals surface area contributed by atoms with Crippen LogP contribution < -0.4 is 16.1 Å². The number of aromatic carboxylic acids is 1. The number of hydrogen-bond donors (Lipinski definition) is 4. The van der Waals surface area contributed by atoms with Gasteiger partial charge < -0.3 is 34.7 Å². The summed E-state index contributed by atoms with van der Waals surface area (Å²) in [6.07, 6.45) is 4.30. The predicted octanol–water partition coefficient (Wildman–Crippen LogP) is 6.09. The first-order valence-corrected chi connectivity index (χ1v) is 14.7. The maximum atomic E-state index is 12.4. The van der Waals surface area contributed by atoms with Crippen molar-refractivity contribution < 1.29 is 28.9 Å². The molecule has 4 rings (SSSR count). The van der Waals surface area contributed by atoms with Crippen molar-refractivity contribution in [3.63, 3.8) is 0 Å². The minimum atomic E-state index is -1.14. The molecule has 0 fully saturated rings. The van der Waals surface area contributed by atoms with Gasteiger partial charge in [0.2, 0.25) is 0 Å². The second-order valence-corrected chi connectivity index (χ2v) is 10.4. The Labute approximate surface area is 253 Å². The number of carbonyl (C=O) groups is 1. The van der Waals surface area contributed by atoms with Crippen molar-refractivity contribution in [3.05, 3.63) is 70.4 Å². The smallest absolute Gasteiger partial charge is 0.336 e. The van der Waals surface area contributed by atoms with Crippen LogP contribution in [0.15, 0.2) is 63.8 Å². The fourth-order valence-corrected chi connectivity index (χ4v) is 4.96. The molecule has 0 amide bonds. The summed E-state index contributed by atoms with van der Waals surface area (Å²) < 4.78 is 17.0. The molecule has 2 aliphatic rings. The predicted molar refractivity (Wildman–Crippen MR) is 168 cm³/mol. The van der Waals surface area contributed by atoms with Crippen molar-refractivity contribution >= 4 is 51.6 Å². The molecule has 2 aromatic carbocycles. The number of rotatable bonds is 15. The van der Waals surface area contributed by atoms with Crippen molar-refractivity contribution in [3.8, 4) is 28.2 Å². The van der Waals surface area contributed by atoms with E-state index in [0.717, 1.165) is 25.7 Å². The molecule has 0 aromatic heterocycles. The molecule has 0 unspecified atom stereocenters. The molecule has 0 atom stereocenters. The highest BCUT2D eigenvalue weighted by Crippen LogP contribution is 2.42. The number of anilines is 1. The second-order valence-electron chi connectivity index (χ2n) is 9.59. The average molecular weight is 613 g/mol. The Bertz CT molecular complexity index is 1560. The number of ether oxygens (including phenoxy) is 2. The fraction of sp³-hybridized carbons (Fsp3) is 0.323. The van der Waals surface area contributed by atoms with E-state index in [1.54, 1.807) is 24.3 Å². The molecular weight excluding hydrogens is 580 g/mol. The van der Waals surface area contributed by atoms with Crippen molar-refractivity contribution in [2.45, 2.75) is 25.7 Å². The number of hydrogen-bond acceptors (Lipinski definition) is 7. The van der Waals surface area contributed by atoms with E-state index in [2.05, 4.69) is 10.6 Å². The standard InChI is InChI=1S/C31H33ClN2O7S/c32-11-3-1-2-4-13-39-15-16-40-14-12-33-31(42)34-20-5-8-23(26(17-20)30(37)38)29-24-9-6-21(35)18-27(24)41-28-19-22(36)7-10-25(28)29/h5-10,17-19,35H,1-4,11-16H2,(H,37,38)(H2,33,34,42). The number of phenolic OH excluding ortho intramolecular Hbond substituents is 1. The first-order valence-electron chi connectivity index (χ1n) is 13.7. The highest BCUT2D eigenvalue weighted by molar-refractivity contribution is 7.80. The quantitative estimate of drug-likeness (QED) is 0.0541. The van der Waals surface area contributed by atoms with E-state index in [9.17, 15) is 19.8 Å². The van der Waals surface area contributed by atoms with Crippen molar-refractivity contribution in [1.82, 2.24) is 5.32 Å². The number of nitrogens with one attached hydrogen (secondary N) is 2. The lowest BCUT2D eigenvalue weighted by molar-refractivity contribution is 0.0483. The fourth-order valence-electron chi connectivity index (χ4n) is 4.55. The third-order valence-corrected chi connectivity index (χ3v) is 7.04. The molecule has 42 heavy (non-hydrogen) atoms. The van der Waals surface area contributed by atoms with Gasteiger partial charge in [-0.15, -0.1) is 11.6 Å². The van der Waals surface area contributed by atoms with Gasteiger partial charge in [-0.1, -0.05) is 18.9 Å². The first-order chi connectivity index (χ1) is 20.4. The Morgan fingerprint density at radius 2 is 1.67 bits per heavy atom. The minimum absolute atomic E-state index is 0.0166. The first kappa shape index (κ1) is 31.2. The molecule has 1 aliphatic carbocycles. The summed E-state index contributed by atoms with van der Waals surface area (Å²) in [5.74, 6) is -0.167. The van der Waals surface area contributed by atoms with Crippen molar-refractivity contribution in [2.75, 3.05) is 44.2 Å². The van der Waals surface area contributed by atoms with Gasteiger partial charge in [0.05, 0.1) is 25.4 Å². The van der Waals surface area contributed by atoms with Crippen LogP contribution in [-0.2, 0) is 9.47 Å². The van der Waals surface area contributed by atoms with E-state index in [0.29, 0.717) is 77.3 Å². The molecule has 0 spiro atoms. The van der Waals surface area contributed by atoms with Crippen LogP contribution in [0.25, 0.3) is 33.4 Å². The van der Waals surface area contributed by atoms with Gasteiger partial charge in [-0.05, 0) is 67.0 Å². The van der Waals surface area contributed by atoms with Crippen LogP contribution in [-0.4, -0.2) is 60.1 Å². The van der Waals surface area contributed by atoms with Crippen LogP contribution >= 0.6 is 23.8 Å². The van der Waals surface area contributed by atoms with Crippen molar-refractivity contribution in [1.29, 1.82) is 0 Å². The van der Waals surface area contributed by atoms with Crippen LogP contribution in [0.5, 0.6) is 5.75 Å². The van der Waals surface area contributed by atoms with E-state index in [1.165, 1.54) is 30.3 Å². The summed E-state index contributed by atoms with van der Waals surface area (Å²) in [6, 6.07) is 13.8. The van der Waals surface area contributed by atoms with Crippen LogP contribution in [0.1, 0.15) is 36.0 Å². The molecule has 9 nitrogen and oxygen atoms in total. The van der Waals surface area contributed by atoms with E-state index in [4.69, 9.17) is 37.7 Å². The summed E-state index contributed by atoms with van der Waals surface area (Å²) >= 11 is 11.0. The van der Waals surface area contributed by atoms with E-state index < -0.39 is 5.97 Å². The van der Waals surface area contributed by atoms with Crippen LogP contribution in [0.4, 0.5) is 5.69 Å². The van der Waals surface area contributed by atoms with Gasteiger partial charge in [-0.3, -0.25) is 4.79 Å². The normalized spacial score (nSPS) is 11.2. The highest BCUT2D eigenvalue weighted by Gasteiger charge is 2.22. The van der Waals surface area contributed by atoms with E-state index in [-0.39, 0.29) is 22.5 Å². The average Bonchev–Trinajstić information content (AvgIpc) is 2.96. The number of halogens is 1. The van der Waals surface area contributed by atoms with Crippen LogP contribution in [0.2, 0.25) is 0 Å². The zero-order valence-electron chi connectivity index (χ0n) is 23.0. The molecule has 1 heterocycles. The number of phenols is 1.